The topological polar surface area (TPSA) is 90.3 Å². The first-order chi connectivity index (χ1) is 17.0. The maximum atomic E-state index is 12.9. The third-order valence-corrected chi connectivity index (χ3v) is 8.14. The van der Waals surface area contributed by atoms with Crippen LogP contribution in [0.15, 0.2) is 60.7 Å². The van der Waals surface area contributed by atoms with Crippen LogP contribution in [0.3, 0.4) is 0 Å². The normalized spacial score (nSPS) is 23.6. The Morgan fingerprint density at radius 3 is 2.60 bits per heavy atom. The number of aromatic nitrogens is 2. The van der Waals surface area contributed by atoms with Gasteiger partial charge in [0.1, 0.15) is 0 Å². The summed E-state index contributed by atoms with van der Waals surface area (Å²) in [5.74, 6) is 0.221. The zero-order valence-electron chi connectivity index (χ0n) is 19.7. The van der Waals surface area contributed by atoms with Crippen molar-refractivity contribution in [3.05, 3.63) is 71.8 Å². The van der Waals surface area contributed by atoms with Crippen LogP contribution in [-0.2, 0) is 10.2 Å². The van der Waals surface area contributed by atoms with Crippen molar-refractivity contribution in [2.75, 3.05) is 49.2 Å². The van der Waals surface area contributed by atoms with Crippen LogP contribution in [0.5, 0.6) is 0 Å². The highest BCUT2D eigenvalue weighted by Gasteiger charge is 2.65. The number of carbonyl (C=O) groups excluding carboxylic acids is 1. The molecule has 4 aromatic rings. The van der Waals surface area contributed by atoms with Gasteiger partial charge in [-0.3, -0.25) is 9.89 Å². The second kappa shape index (κ2) is 7.33. The van der Waals surface area contributed by atoms with Crippen LogP contribution < -0.4 is 16.0 Å². The predicted octanol–water partition coefficient (Wildman–Crippen LogP) is 3.94. The minimum Gasteiger partial charge on any atom is -0.399 e. The highest BCUT2D eigenvalue weighted by Crippen LogP contribution is 2.65. The first-order valence-corrected chi connectivity index (χ1v) is 12.3. The standard InChI is InChI=1S/C28H28N6O/c1-33-10-12-34(13-11-33)20-6-2-17(3-7-20)26-21-8-4-18(14-25(21)31-32-26)23-16-28(23)22-15-19(29)5-9-24(22)30-27(28)35/h2-9,14-15,23H,10-13,16,29H2,1H3,(H,30,35)(H,31,32). The number of hydrogen-bond acceptors (Lipinski definition) is 5. The van der Waals surface area contributed by atoms with E-state index in [2.05, 4.69) is 74.8 Å². The van der Waals surface area contributed by atoms with E-state index in [0.717, 1.165) is 71.6 Å². The fraction of sp³-hybridized carbons (Fsp3) is 0.286. The van der Waals surface area contributed by atoms with Crippen LogP contribution in [0.4, 0.5) is 17.1 Å². The van der Waals surface area contributed by atoms with Crippen LogP contribution >= 0.6 is 0 Å². The number of carbonyl (C=O) groups is 1. The molecule has 3 aromatic carbocycles. The molecule has 2 unspecified atom stereocenters. The number of piperazine rings is 1. The Kier molecular flexibility index (Phi) is 4.30. The molecule has 176 valence electrons. The van der Waals surface area contributed by atoms with Gasteiger partial charge in [-0.2, -0.15) is 5.10 Å². The molecule has 1 saturated heterocycles. The number of H-pyrrole nitrogens is 1. The summed E-state index contributed by atoms with van der Waals surface area (Å²) in [6.45, 7) is 4.30. The molecule has 0 bridgehead atoms. The van der Waals surface area contributed by atoms with Crippen LogP contribution in [0.2, 0.25) is 0 Å². The molecule has 2 aliphatic heterocycles. The summed E-state index contributed by atoms with van der Waals surface area (Å²) in [5, 5.41) is 12.0. The number of benzene rings is 3. The number of nitrogen functional groups attached to an aromatic ring is 1. The molecule has 1 spiro atoms. The van der Waals surface area contributed by atoms with Crippen LogP contribution in [0, 0.1) is 0 Å². The maximum absolute atomic E-state index is 12.9. The van der Waals surface area contributed by atoms with Crippen molar-refractivity contribution in [1.82, 2.24) is 15.1 Å². The lowest BCUT2D eigenvalue weighted by molar-refractivity contribution is -0.118. The summed E-state index contributed by atoms with van der Waals surface area (Å²) in [4.78, 5) is 17.7. The van der Waals surface area contributed by atoms with Gasteiger partial charge in [0.25, 0.3) is 0 Å². The van der Waals surface area contributed by atoms with Gasteiger partial charge in [-0.25, -0.2) is 0 Å². The zero-order valence-corrected chi connectivity index (χ0v) is 19.7. The molecule has 3 heterocycles. The van der Waals surface area contributed by atoms with Gasteiger partial charge in [0, 0.05) is 60.1 Å². The molecular weight excluding hydrogens is 436 g/mol. The molecule has 7 rings (SSSR count). The van der Waals surface area contributed by atoms with E-state index in [1.54, 1.807) is 0 Å². The largest absolute Gasteiger partial charge is 0.399 e. The van der Waals surface area contributed by atoms with E-state index < -0.39 is 5.41 Å². The number of nitrogens with zero attached hydrogens (tertiary/aromatic N) is 3. The van der Waals surface area contributed by atoms with E-state index in [1.807, 2.05) is 18.2 Å². The average molecular weight is 465 g/mol. The monoisotopic (exact) mass is 464 g/mol. The van der Waals surface area contributed by atoms with Gasteiger partial charge >= 0.3 is 0 Å². The number of fused-ring (bicyclic) bond motifs is 3. The van der Waals surface area contributed by atoms with Crippen molar-refractivity contribution in [3.8, 4) is 11.3 Å². The maximum Gasteiger partial charge on any atom is 0.235 e. The Morgan fingerprint density at radius 2 is 1.80 bits per heavy atom. The van der Waals surface area contributed by atoms with Gasteiger partial charge in [-0.05, 0) is 61.0 Å². The summed E-state index contributed by atoms with van der Waals surface area (Å²) in [5.41, 5.74) is 13.6. The smallest absolute Gasteiger partial charge is 0.235 e. The molecule has 0 radical (unpaired) electrons. The number of aromatic amines is 1. The van der Waals surface area contributed by atoms with Crippen molar-refractivity contribution in [2.45, 2.75) is 17.8 Å². The molecule has 2 atom stereocenters. The lowest BCUT2D eigenvalue weighted by Gasteiger charge is -2.34. The van der Waals surface area contributed by atoms with Crippen LogP contribution in [0.25, 0.3) is 22.2 Å². The van der Waals surface area contributed by atoms with Gasteiger partial charge in [-0.1, -0.05) is 24.3 Å². The highest BCUT2D eigenvalue weighted by atomic mass is 16.2. The first-order valence-electron chi connectivity index (χ1n) is 12.3. The molecule has 1 amide bonds. The van der Waals surface area contributed by atoms with Gasteiger partial charge in [0.05, 0.1) is 16.6 Å². The van der Waals surface area contributed by atoms with Crippen molar-refractivity contribution >= 4 is 33.9 Å². The Bertz CT molecular complexity index is 1470. The van der Waals surface area contributed by atoms with Gasteiger partial charge < -0.3 is 20.9 Å². The zero-order chi connectivity index (χ0) is 23.7. The van der Waals surface area contributed by atoms with Crippen molar-refractivity contribution < 1.29 is 4.79 Å². The highest BCUT2D eigenvalue weighted by molar-refractivity contribution is 6.10. The third-order valence-electron chi connectivity index (χ3n) is 8.14. The Morgan fingerprint density at radius 1 is 1.00 bits per heavy atom. The van der Waals surface area contributed by atoms with E-state index in [4.69, 9.17) is 5.73 Å². The predicted molar refractivity (Wildman–Crippen MR) is 140 cm³/mol. The van der Waals surface area contributed by atoms with E-state index in [0.29, 0.717) is 5.69 Å². The molecule has 7 heteroatoms. The van der Waals surface area contributed by atoms with E-state index in [-0.39, 0.29) is 11.8 Å². The van der Waals surface area contributed by atoms with Gasteiger partial charge in [-0.15, -0.1) is 0 Å². The van der Waals surface area contributed by atoms with Gasteiger partial charge in [0.15, 0.2) is 0 Å². The fourth-order valence-electron chi connectivity index (χ4n) is 5.98. The molecule has 2 fully saturated rings. The van der Waals surface area contributed by atoms with Crippen molar-refractivity contribution in [2.24, 2.45) is 0 Å². The molecule has 7 nitrogen and oxygen atoms in total. The molecule has 35 heavy (non-hydrogen) atoms. The summed E-state index contributed by atoms with van der Waals surface area (Å²) in [6.07, 6.45) is 0.801. The summed E-state index contributed by atoms with van der Waals surface area (Å²) in [7, 11) is 2.18. The third kappa shape index (κ3) is 3.08. The number of anilines is 3. The number of nitrogens with two attached hydrogens (primary N) is 1. The molecule has 3 aliphatic rings. The lowest BCUT2D eigenvalue weighted by Crippen LogP contribution is -2.44. The Hall–Kier alpha value is -3.84. The second-order valence-electron chi connectivity index (χ2n) is 10.2. The quantitative estimate of drug-likeness (QED) is 0.400. The lowest BCUT2D eigenvalue weighted by atomic mass is 9.91. The first kappa shape index (κ1) is 20.5. The summed E-state index contributed by atoms with van der Waals surface area (Å²) >= 11 is 0. The minimum atomic E-state index is -0.500. The second-order valence-corrected chi connectivity index (χ2v) is 10.2. The number of hydrogen-bond donors (Lipinski definition) is 3. The molecule has 1 saturated carbocycles. The number of nitrogens with one attached hydrogen (secondary N) is 2. The summed E-state index contributed by atoms with van der Waals surface area (Å²) in [6, 6.07) is 20.9. The number of likely N-dealkylation sites (N-methyl/N-ethyl adjacent to an activating group) is 1. The van der Waals surface area contributed by atoms with E-state index in [9.17, 15) is 4.79 Å². The molecule has 1 aromatic heterocycles. The van der Waals surface area contributed by atoms with Crippen molar-refractivity contribution in [3.63, 3.8) is 0 Å². The fourth-order valence-corrected chi connectivity index (χ4v) is 5.98. The number of rotatable bonds is 3. The Balaban J connectivity index is 1.17. The molecular formula is C28H28N6O. The van der Waals surface area contributed by atoms with E-state index in [1.165, 1.54) is 5.69 Å². The summed E-state index contributed by atoms with van der Waals surface area (Å²) < 4.78 is 0. The van der Waals surface area contributed by atoms with Crippen LogP contribution in [0.1, 0.15) is 23.5 Å². The minimum absolute atomic E-state index is 0.0777. The SMILES string of the molecule is CN1CCN(c2ccc(-c3n[nH]c4cc(C5CC56C(=O)Nc5ccc(N)cc56)ccc34)cc2)CC1. The van der Waals surface area contributed by atoms with Crippen LogP contribution in [-0.4, -0.2) is 54.2 Å². The van der Waals surface area contributed by atoms with Gasteiger partial charge in [0.2, 0.25) is 5.91 Å². The molecule has 4 N–H and O–H groups in total. The molecule has 1 aliphatic carbocycles. The average Bonchev–Trinajstić information content (AvgIpc) is 3.40. The Labute approximate surface area is 203 Å². The number of amides is 1. The van der Waals surface area contributed by atoms with Crippen molar-refractivity contribution in [1.29, 1.82) is 0 Å². The van der Waals surface area contributed by atoms with E-state index >= 15 is 0 Å².